The summed E-state index contributed by atoms with van der Waals surface area (Å²) in [5.74, 6) is 0.820. The Labute approximate surface area is 119 Å². The highest BCUT2D eigenvalue weighted by molar-refractivity contribution is 5.98. The molecule has 2 amide bonds. The second-order valence-corrected chi connectivity index (χ2v) is 4.39. The molecule has 0 unspecified atom stereocenters. The zero-order valence-corrected chi connectivity index (χ0v) is 11.1. The monoisotopic (exact) mass is 288 g/mol. The fourth-order valence-corrected chi connectivity index (χ4v) is 1.84. The predicted octanol–water partition coefficient (Wildman–Crippen LogP) is 1.39. The number of hydrogen-bond donors (Lipinski definition) is 2. The molecule has 0 fully saturated rings. The highest BCUT2D eigenvalue weighted by Gasteiger charge is 2.17. The van der Waals surface area contributed by atoms with Crippen molar-refractivity contribution in [3.8, 4) is 11.5 Å². The summed E-state index contributed by atoms with van der Waals surface area (Å²) in [5, 5.41) is 0. The summed E-state index contributed by atoms with van der Waals surface area (Å²) in [6.45, 7) is 1.86. The van der Waals surface area contributed by atoms with Crippen molar-refractivity contribution in [1.82, 2.24) is 10.9 Å². The van der Waals surface area contributed by atoms with E-state index >= 15 is 0 Å². The third-order valence-corrected chi connectivity index (χ3v) is 2.89. The van der Waals surface area contributed by atoms with Crippen LogP contribution < -0.4 is 20.3 Å². The van der Waals surface area contributed by atoms with Crippen LogP contribution in [0.2, 0.25) is 0 Å². The van der Waals surface area contributed by atoms with E-state index in [1.165, 1.54) is 6.07 Å². The van der Waals surface area contributed by atoms with Crippen LogP contribution in [0.4, 0.5) is 0 Å². The number of rotatable bonds is 2. The second kappa shape index (κ2) is 5.20. The van der Waals surface area contributed by atoms with Gasteiger partial charge in [-0.2, -0.15) is 0 Å². The summed E-state index contributed by atoms with van der Waals surface area (Å²) in [5.41, 5.74) is 4.92. The Bertz CT molecular complexity index is 707. The number of benzene rings is 1. The molecule has 0 saturated carbocycles. The van der Waals surface area contributed by atoms with Crippen LogP contribution in [0.25, 0.3) is 0 Å². The van der Waals surface area contributed by atoms with Gasteiger partial charge in [0, 0.05) is 5.56 Å². The molecular formula is C14H12N2O5. The maximum absolute atomic E-state index is 11.9. The summed E-state index contributed by atoms with van der Waals surface area (Å²) in [7, 11) is 0. The zero-order valence-electron chi connectivity index (χ0n) is 11.1. The topological polar surface area (TPSA) is 89.8 Å². The van der Waals surface area contributed by atoms with Crippen molar-refractivity contribution in [2.45, 2.75) is 6.92 Å². The molecule has 0 atom stereocenters. The molecule has 1 aliphatic heterocycles. The van der Waals surface area contributed by atoms with Gasteiger partial charge in [-0.15, -0.1) is 0 Å². The summed E-state index contributed by atoms with van der Waals surface area (Å²) in [6.07, 6.45) is 0. The summed E-state index contributed by atoms with van der Waals surface area (Å²) < 4.78 is 15.5. The third-order valence-electron chi connectivity index (χ3n) is 2.89. The van der Waals surface area contributed by atoms with E-state index in [0.29, 0.717) is 22.8 Å². The van der Waals surface area contributed by atoms with Crippen LogP contribution >= 0.6 is 0 Å². The number of amides is 2. The quantitative estimate of drug-likeness (QED) is 0.815. The van der Waals surface area contributed by atoms with Gasteiger partial charge in [0.15, 0.2) is 17.3 Å². The van der Waals surface area contributed by atoms with E-state index in [0.717, 1.165) is 0 Å². The Hall–Kier alpha value is -2.96. The smallest absolute Gasteiger partial charge is 0.305 e. The van der Waals surface area contributed by atoms with E-state index in [9.17, 15) is 9.59 Å². The first-order valence-electron chi connectivity index (χ1n) is 6.20. The van der Waals surface area contributed by atoms with Gasteiger partial charge in [-0.3, -0.25) is 20.4 Å². The Morgan fingerprint density at radius 3 is 2.52 bits per heavy atom. The van der Waals surface area contributed by atoms with Crippen LogP contribution in [0.5, 0.6) is 11.5 Å². The van der Waals surface area contributed by atoms with Crippen LogP contribution in [0.1, 0.15) is 26.7 Å². The largest absolute Gasteiger partial charge is 0.456 e. The molecule has 1 aromatic heterocycles. The molecule has 1 aliphatic rings. The van der Waals surface area contributed by atoms with Crippen molar-refractivity contribution >= 4 is 11.8 Å². The minimum absolute atomic E-state index is 0.124. The molecular weight excluding hydrogens is 276 g/mol. The van der Waals surface area contributed by atoms with Gasteiger partial charge in [-0.1, -0.05) is 0 Å². The number of hydrogen-bond acceptors (Lipinski definition) is 5. The standard InChI is InChI=1S/C14H12N2O5/c1-8-2-4-11(21-8)14(18)16-15-13(17)9-3-5-10-12(6-9)20-7-19-10/h2-6H,7H2,1H3,(H,15,17)(H,16,18). The van der Waals surface area contributed by atoms with Gasteiger partial charge in [0.2, 0.25) is 6.79 Å². The molecule has 2 heterocycles. The molecule has 0 aliphatic carbocycles. The van der Waals surface area contributed by atoms with Crippen molar-refractivity contribution < 1.29 is 23.5 Å². The molecule has 0 saturated heterocycles. The van der Waals surface area contributed by atoms with Gasteiger partial charge < -0.3 is 13.9 Å². The third kappa shape index (κ3) is 2.66. The number of carbonyl (C=O) groups is 2. The van der Waals surface area contributed by atoms with Gasteiger partial charge >= 0.3 is 5.91 Å². The molecule has 7 heteroatoms. The molecule has 3 rings (SSSR count). The van der Waals surface area contributed by atoms with Crippen molar-refractivity contribution in [3.63, 3.8) is 0 Å². The van der Waals surface area contributed by atoms with Gasteiger partial charge in [0.1, 0.15) is 5.76 Å². The lowest BCUT2D eigenvalue weighted by atomic mass is 10.2. The first-order valence-corrected chi connectivity index (χ1v) is 6.20. The van der Waals surface area contributed by atoms with Gasteiger partial charge in [-0.25, -0.2) is 0 Å². The van der Waals surface area contributed by atoms with Gasteiger partial charge in [-0.05, 0) is 37.3 Å². The molecule has 21 heavy (non-hydrogen) atoms. The molecule has 108 valence electrons. The SMILES string of the molecule is Cc1ccc(C(=O)NNC(=O)c2ccc3c(c2)OCO3)o1. The Balaban J connectivity index is 1.63. The molecule has 2 N–H and O–H groups in total. The van der Waals surface area contributed by atoms with Crippen LogP contribution in [0.3, 0.4) is 0 Å². The first-order chi connectivity index (χ1) is 10.1. The predicted molar refractivity (Wildman–Crippen MR) is 70.9 cm³/mol. The summed E-state index contributed by atoms with van der Waals surface area (Å²) >= 11 is 0. The number of furan rings is 1. The van der Waals surface area contributed by atoms with Gasteiger partial charge in [0.05, 0.1) is 0 Å². The maximum atomic E-state index is 11.9. The van der Waals surface area contributed by atoms with E-state index in [1.54, 1.807) is 31.2 Å². The van der Waals surface area contributed by atoms with Crippen molar-refractivity contribution in [2.75, 3.05) is 6.79 Å². The number of nitrogens with one attached hydrogen (secondary N) is 2. The number of aryl methyl sites for hydroxylation is 1. The fraction of sp³-hybridized carbons (Fsp3) is 0.143. The highest BCUT2D eigenvalue weighted by Crippen LogP contribution is 2.32. The van der Waals surface area contributed by atoms with Crippen molar-refractivity contribution in [2.24, 2.45) is 0 Å². The molecule has 0 radical (unpaired) electrons. The van der Waals surface area contributed by atoms with Crippen LogP contribution in [-0.2, 0) is 0 Å². The number of carbonyl (C=O) groups excluding carboxylic acids is 2. The lowest BCUT2D eigenvalue weighted by molar-refractivity contribution is 0.0830. The minimum atomic E-state index is -0.530. The first kappa shape index (κ1) is 13.0. The number of fused-ring (bicyclic) bond motifs is 1. The molecule has 1 aromatic carbocycles. The normalized spacial score (nSPS) is 12.0. The maximum Gasteiger partial charge on any atom is 0.305 e. The lowest BCUT2D eigenvalue weighted by Crippen LogP contribution is -2.41. The van der Waals surface area contributed by atoms with E-state index < -0.39 is 11.8 Å². The highest BCUT2D eigenvalue weighted by atomic mass is 16.7. The van der Waals surface area contributed by atoms with Crippen LogP contribution in [-0.4, -0.2) is 18.6 Å². The summed E-state index contributed by atoms with van der Waals surface area (Å²) in [4.78, 5) is 23.6. The Morgan fingerprint density at radius 1 is 1.00 bits per heavy atom. The van der Waals surface area contributed by atoms with E-state index in [2.05, 4.69) is 10.9 Å². The van der Waals surface area contributed by atoms with E-state index in [-0.39, 0.29) is 12.6 Å². The molecule has 2 aromatic rings. The Morgan fingerprint density at radius 2 is 1.76 bits per heavy atom. The average Bonchev–Trinajstić information content (AvgIpc) is 3.12. The molecule has 7 nitrogen and oxygen atoms in total. The molecule has 0 spiro atoms. The fourth-order valence-electron chi connectivity index (χ4n) is 1.84. The second-order valence-electron chi connectivity index (χ2n) is 4.39. The van der Waals surface area contributed by atoms with Crippen molar-refractivity contribution in [3.05, 3.63) is 47.4 Å². The minimum Gasteiger partial charge on any atom is -0.456 e. The van der Waals surface area contributed by atoms with Crippen LogP contribution in [0, 0.1) is 6.92 Å². The lowest BCUT2D eigenvalue weighted by Gasteiger charge is -2.06. The molecule has 0 bridgehead atoms. The van der Waals surface area contributed by atoms with Gasteiger partial charge in [0.25, 0.3) is 5.91 Å². The Kier molecular flexibility index (Phi) is 3.23. The number of hydrazine groups is 1. The van der Waals surface area contributed by atoms with Crippen molar-refractivity contribution in [1.29, 1.82) is 0 Å². The zero-order chi connectivity index (χ0) is 14.8. The van der Waals surface area contributed by atoms with E-state index in [4.69, 9.17) is 13.9 Å². The number of ether oxygens (including phenoxy) is 2. The average molecular weight is 288 g/mol. The van der Waals surface area contributed by atoms with Crippen LogP contribution in [0.15, 0.2) is 34.7 Å². The van der Waals surface area contributed by atoms with E-state index in [1.807, 2.05) is 0 Å². The summed E-state index contributed by atoms with van der Waals surface area (Å²) in [6, 6.07) is 7.94.